The van der Waals surface area contributed by atoms with Gasteiger partial charge < -0.3 is 5.32 Å². The first kappa shape index (κ1) is 15.3. The van der Waals surface area contributed by atoms with Crippen LogP contribution in [0.4, 0.5) is 0 Å². The Morgan fingerprint density at radius 2 is 1.47 bits per heavy atom. The summed E-state index contributed by atoms with van der Waals surface area (Å²) in [7, 11) is -2.99. The zero-order valence-corrected chi connectivity index (χ0v) is 13.2. The van der Waals surface area contributed by atoms with Crippen LogP contribution in [0.25, 0.3) is 0 Å². The standard InChI is InChI=1S/C14H28N2O2S/c1-11-8-12(2)10-14(9-11)15-13-4-6-16(7-5-13)19(3,17)18/h11-15H,4-10H2,1-3H3. The second-order valence-corrected chi connectivity index (χ2v) is 8.70. The van der Waals surface area contributed by atoms with Gasteiger partial charge in [-0.05, 0) is 43.9 Å². The molecule has 0 radical (unpaired) electrons. The molecule has 2 aliphatic rings. The summed E-state index contributed by atoms with van der Waals surface area (Å²) in [4.78, 5) is 0. The molecule has 112 valence electrons. The van der Waals surface area contributed by atoms with Crippen molar-refractivity contribution in [1.82, 2.24) is 9.62 Å². The maximum atomic E-state index is 11.5. The summed E-state index contributed by atoms with van der Waals surface area (Å²) in [6.45, 7) is 6.04. The highest BCUT2D eigenvalue weighted by Crippen LogP contribution is 2.29. The summed E-state index contributed by atoms with van der Waals surface area (Å²) >= 11 is 0. The number of sulfonamides is 1. The molecule has 2 rings (SSSR count). The molecular formula is C14H28N2O2S. The van der Waals surface area contributed by atoms with Crippen molar-refractivity contribution in [2.24, 2.45) is 11.8 Å². The molecule has 4 nitrogen and oxygen atoms in total. The number of piperidine rings is 1. The van der Waals surface area contributed by atoms with Crippen molar-refractivity contribution in [1.29, 1.82) is 0 Å². The molecule has 1 heterocycles. The van der Waals surface area contributed by atoms with Gasteiger partial charge in [0, 0.05) is 25.2 Å². The number of hydrogen-bond acceptors (Lipinski definition) is 3. The smallest absolute Gasteiger partial charge is 0.211 e. The minimum absolute atomic E-state index is 0.500. The highest BCUT2D eigenvalue weighted by atomic mass is 32.2. The zero-order valence-electron chi connectivity index (χ0n) is 12.4. The van der Waals surface area contributed by atoms with Gasteiger partial charge in [-0.25, -0.2) is 12.7 Å². The van der Waals surface area contributed by atoms with Gasteiger partial charge in [0.25, 0.3) is 0 Å². The summed E-state index contributed by atoms with van der Waals surface area (Å²) in [5, 5.41) is 3.77. The quantitative estimate of drug-likeness (QED) is 0.862. The van der Waals surface area contributed by atoms with Gasteiger partial charge in [0.2, 0.25) is 10.0 Å². The maximum Gasteiger partial charge on any atom is 0.211 e. The Hall–Kier alpha value is -0.130. The highest BCUT2D eigenvalue weighted by molar-refractivity contribution is 7.88. The Bertz CT molecular complexity index is 378. The van der Waals surface area contributed by atoms with Gasteiger partial charge in [-0.15, -0.1) is 0 Å². The van der Waals surface area contributed by atoms with Crippen LogP contribution < -0.4 is 5.32 Å². The molecule has 0 amide bonds. The van der Waals surface area contributed by atoms with Crippen LogP contribution in [0.5, 0.6) is 0 Å². The summed E-state index contributed by atoms with van der Waals surface area (Å²) in [6, 6.07) is 1.13. The Morgan fingerprint density at radius 3 is 1.95 bits per heavy atom. The topological polar surface area (TPSA) is 49.4 Å². The van der Waals surface area contributed by atoms with Gasteiger partial charge >= 0.3 is 0 Å². The molecule has 1 N–H and O–H groups in total. The minimum atomic E-state index is -2.99. The number of rotatable bonds is 3. The van der Waals surface area contributed by atoms with Crippen LogP contribution in [0.15, 0.2) is 0 Å². The lowest BCUT2D eigenvalue weighted by Gasteiger charge is -2.37. The molecule has 1 aliphatic heterocycles. The van der Waals surface area contributed by atoms with Crippen molar-refractivity contribution < 1.29 is 8.42 Å². The molecule has 2 atom stereocenters. The maximum absolute atomic E-state index is 11.5. The molecule has 0 aromatic heterocycles. The molecule has 1 saturated heterocycles. The van der Waals surface area contributed by atoms with E-state index >= 15 is 0 Å². The van der Waals surface area contributed by atoms with Crippen LogP contribution in [0.3, 0.4) is 0 Å². The van der Waals surface area contributed by atoms with Crippen molar-refractivity contribution in [3.8, 4) is 0 Å². The highest BCUT2D eigenvalue weighted by Gasteiger charge is 2.29. The van der Waals surface area contributed by atoms with E-state index in [0.29, 0.717) is 25.2 Å². The van der Waals surface area contributed by atoms with Crippen LogP contribution in [0, 0.1) is 11.8 Å². The van der Waals surface area contributed by atoms with Crippen LogP contribution in [0.2, 0.25) is 0 Å². The van der Waals surface area contributed by atoms with E-state index in [9.17, 15) is 8.42 Å². The third-order valence-electron chi connectivity index (χ3n) is 4.57. The molecule has 2 unspecified atom stereocenters. The second kappa shape index (κ2) is 6.10. The number of nitrogens with one attached hydrogen (secondary N) is 1. The van der Waals surface area contributed by atoms with Crippen molar-refractivity contribution in [2.45, 2.75) is 58.0 Å². The average molecular weight is 288 g/mol. The van der Waals surface area contributed by atoms with Gasteiger partial charge in [-0.2, -0.15) is 0 Å². The number of nitrogens with zero attached hydrogens (tertiary/aromatic N) is 1. The third kappa shape index (κ3) is 4.43. The molecule has 0 bridgehead atoms. The van der Waals surface area contributed by atoms with Crippen molar-refractivity contribution in [2.75, 3.05) is 19.3 Å². The Labute approximate surface area is 118 Å². The van der Waals surface area contributed by atoms with E-state index in [2.05, 4.69) is 19.2 Å². The number of hydrogen-bond donors (Lipinski definition) is 1. The minimum Gasteiger partial charge on any atom is -0.311 e. The first-order chi connectivity index (χ1) is 8.84. The zero-order chi connectivity index (χ0) is 14.0. The van der Waals surface area contributed by atoms with Gasteiger partial charge in [0.05, 0.1) is 6.26 Å². The van der Waals surface area contributed by atoms with E-state index in [4.69, 9.17) is 0 Å². The van der Waals surface area contributed by atoms with Crippen molar-refractivity contribution in [3.63, 3.8) is 0 Å². The van der Waals surface area contributed by atoms with E-state index < -0.39 is 10.0 Å². The summed E-state index contributed by atoms with van der Waals surface area (Å²) < 4.78 is 24.6. The fraction of sp³-hybridized carbons (Fsp3) is 1.00. The van der Waals surface area contributed by atoms with Gasteiger partial charge in [0.15, 0.2) is 0 Å². The summed E-state index contributed by atoms with van der Waals surface area (Å²) in [5.74, 6) is 1.63. The van der Waals surface area contributed by atoms with Crippen molar-refractivity contribution in [3.05, 3.63) is 0 Å². The Balaban J connectivity index is 1.79. The summed E-state index contributed by atoms with van der Waals surface area (Å²) in [5.41, 5.74) is 0. The molecule has 19 heavy (non-hydrogen) atoms. The van der Waals surface area contributed by atoms with E-state index in [1.54, 1.807) is 4.31 Å². The van der Waals surface area contributed by atoms with Crippen LogP contribution >= 0.6 is 0 Å². The lowest BCUT2D eigenvalue weighted by molar-refractivity contribution is 0.201. The SMILES string of the molecule is CC1CC(C)CC(NC2CCN(S(C)(=O)=O)CC2)C1. The lowest BCUT2D eigenvalue weighted by atomic mass is 9.80. The van der Waals surface area contributed by atoms with Gasteiger partial charge in [-0.1, -0.05) is 13.8 Å². The molecular weight excluding hydrogens is 260 g/mol. The molecule has 0 aromatic carbocycles. The van der Waals surface area contributed by atoms with Crippen molar-refractivity contribution >= 4 is 10.0 Å². The lowest BCUT2D eigenvalue weighted by Crippen LogP contribution is -2.49. The largest absolute Gasteiger partial charge is 0.311 e. The first-order valence-electron chi connectivity index (χ1n) is 7.55. The van der Waals surface area contributed by atoms with E-state index in [0.717, 1.165) is 24.7 Å². The molecule has 1 aliphatic carbocycles. The molecule has 5 heteroatoms. The monoisotopic (exact) mass is 288 g/mol. The van der Waals surface area contributed by atoms with Crippen LogP contribution in [0.1, 0.15) is 46.0 Å². The summed E-state index contributed by atoms with van der Waals surface area (Å²) in [6.07, 6.45) is 7.11. The Kier molecular flexibility index (Phi) is 4.90. The predicted octanol–water partition coefficient (Wildman–Crippen LogP) is 1.82. The van der Waals surface area contributed by atoms with Crippen LogP contribution in [-0.2, 0) is 10.0 Å². The first-order valence-corrected chi connectivity index (χ1v) is 9.40. The van der Waals surface area contributed by atoms with Gasteiger partial charge in [-0.3, -0.25) is 0 Å². The normalized spacial score (nSPS) is 35.4. The molecule has 2 fully saturated rings. The second-order valence-electron chi connectivity index (χ2n) is 6.72. The fourth-order valence-corrected chi connectivity index (χ4v) is 4.64. The van der Waals surface area contributed by atoms with Gasteiger partial charge in [0.1, 0.15) is 0 Å². The third-order valence-corrected chi connectivity index (χ3v) is 5.88. The van der Waals surface area contributed by atoms with E-state index in [-0.39, 0.29) is 0 Å². The molecule has 0 aromatic rings. The van der Waals surface area contributed by atoms with Crippen LogP contribution in [-0.4, -0.2) is 44.2 Å². The Morgan fingerprint density at radius 1 is 0.947 bits per heavy atom. The molecule has 0 spiro atoms. The predicted molar refractivity (Wildman–Crippen MR) is 78.5 cm³/mol. The average Bonchev–Trinajstić information content (AvgIpc) is 2.26. The van der Waals surface area contributed by atoms with E-state index in [1.807, 2.05) is 0 Å². The fourth-order valence-electron chi connectivity index (χ4n) is 3.77. The molecule has 1 saturated carbocycles. The van der Waals surface area contributed by atoms with E-state index in [1.165, 1.54) is 25.5 Å².